The summed E-state index contributed by atoms with van der Waals surface area (Å²) in [6, 6.07) is 7.14. The summed E-state index contributed by atoms with van der Waals surface area (Å²) in [6.07, 6.45) is -8.18. The molecule has 0 unspecified atom stereocenters. The lowest BCUT2D eigenvalue weighted by molar-refractivity contribution is -0.138. The van der Waals surface area contributed by atoms with Crippen molar-refractivity contribution in [3.05, 3.63) is 69.7 Å². The van der Waals surface area contributed by atoms with Crippen LogP contribution in [0.4, 0.5) is 26.3 Å². The van der Waals surface area contributed by atoms with Crippen LogP contribution >= 0.6 is 11.6 Å². The highest BCUT2D eigenvalue weighted by molar-refractivity contribution is 6.30. The maximum atomic E-state index is 12.9. The molecule has 0 aliphatic heterocycles. The van der Waals surface area contributed by atoms with Crippen LogP contribution in [0.15, 0.2) is 47.6 Å². The molecule has 0 fully saturated rings. The second-order valence-corrected chi connectivity index (χ2v) is 5.37. The predicted octanol–water partition coefficient (Wildman–Crippen LogP) is 5.93. The third-order valence-corrected chi connectivity index (χ3v) is 3.33. The summed E-state index contributed by atoms with van der Waals surface area (Å²) in [4.78, 5) is 4.83. The fourth-order valence-corrected chi connectivity index (χ4v) is 2.07. The SMILES string of the molecule is FC(F)(F)c1ccc(CON=Cc2cc(Cl)ccc2C(F)(F)F)cc1. The molecule has 0 aliphatic rings. The third-order valence-electron chi connectivity index (χ3n) is 3.10. The Hall–Kier alpha value is -2.22. The van der Waals surface area contributed by atoms with Crippen LogP contribution in [0.2, 0.25) is 5.02 Å². The third kappa shape index (κ3) is 5.38. The number of oxime groups is 1. The number of halogens is 7. The van der Waals surface area contributed by atoms with Crippen molar-refractivity contribution in [3.63, 3.8) is 0 Å². The Kier molecular flexibility index (Phi) is 5.62. The zero-order valence-corrected chi connectivity index (χ0v) is 13.1. The lowest BCUT2D eigenvalue weighted by Crippen LogP contribution is -2.08. The molecule has 2 rings (SSSR count). The maximum absolute atomic E-state index is 12.9. The minimum absolute atomic E-state index is 0.0946. The van der Waals surface area contributed by atoms with Crippen LogP contribution in [0.1, 0.15) is 22.3 Å². The number of rotatable bonds is 4. The number of hydrogen-bond acceptors (Lipinski definition) is 2. The normalized spacial score (nSPS) is 12.6. The molecule has 0 aliphatic carbocycles. The number of nitrogens with zero attached hydrogens (tertiary/aromatic N) is 1. The average molecular weight is 382 g/mol. The Morgan fingerprint density at radius 3 is 2.12 bits per heavy atom. The lowest BCUT2D eigenvalue weighted by atomic mass is 10.1. The summed E-state index contributed by atoms with van der Waals surface area (Å²) in [5.41, 5.74) is -1.65. The van der Waals surface area contributed by atoms with Crippen molar-refractivity contribution in [3.8, 4) is 0 Å². The summed E-state index contributed by atoms with van der Waals surface area (Å²) in [6.45, 7) is -0.198. The average Bonchev–Trinajstić information content (AvgIpc) is 2.50. The van der Waals surface area contributed by atoms with Crippen molar-refractivity contribution in [2.45, 2.75) is 19.0 Å². The fourth-order valence-electron chi connectivity index (χ4n) is 1.89. The van der Waals surface area contributed by atoms with Gasteiger partial charge in [-0.15, -0.1) is 0 Å². The molecular formula is C16H10ClF6NO. The van der Waals surface area contributed by atoms with E-state index in [0.29, 0.717) is 5.56 Å². The van der Waals surface area contributed by atoms with Crippen molar-refractivity contribution in [1.82, 2.24) is 0 Å². The van der Waals surface area contributed by atoms with Crippen molar-refractivity contribution in [2.24, 2.45) is 5.16 Å². The van der Waals surface area contributed by atoms with Gasteiger partial charge in [0.15, 0.2) is 0 Å². The Bertz CT molecular complexity index is 753. The van der Waals surface area contributed by atoms with Gasteiger partial charge in [-0.3, -0.25) is 0 Å². The Morgan fingerprint density at radius 1 is 0.920 bits per heavy atom. The largest absolute Gasteiger partial charge is 0.417 e. The van der Waals surface area contributed by atoms with Crippen LogP contribution in [-0.2, 0) is 23.8 Å². The van der Waals surface area contributed by atoms with E-state index < -0.39 is 23.5 Å². The van der Waals surface area contributed by atoms with Crippen LogP contribution in [-0.4, -0.2) is 6.21 Å². The fraction of sp³-hybridized carbons (Fsp3) is 0.188. The minimum Gasteiger partial charge on any atom is -0.391 e. The first kappa shape index (κ1) is 19.1. The standard InChI is InChI=1S/C16H10ClF6NO/c17-13-5-6-14(16(21,22)23)11(7-13)8-24-25-9-10-1-3-12(4-2-10)15(18,19)20/h1-8H,9H2. The molecule has 0 bridgehead atoms. The van der Waals surface area contributed by atoms with Crippen LogP contribution < -0.4 is 0 Å². The maximum Gasteiger partial charge on any atom is 0.417 e. The van der Waals surface area contributed by atoms with Gasteiger partial charge in [0.25, 0.3) is 0 Å². The van der Waals surface area contributed by atoms with E-state index in [4.69, 9.17) is 16.4 Å². The molecule has 0 radical (unpaired) electrons. The van der Waals surface area contributed by atoms with Gasteiger partial charge in [-0.2, -0.15) is 26.3 Å². The van der Waals surface area contributed by atoms with E-state index in [0.717, 1.165) is 36.5 Å². The van der Waals surface area contributed by atoms with Crippen molar-refractivity contribution in [1.29, 1.82) is 0 Å². The van der Waals surface area contributed by atoms with Gasteiger partial charge >= 0.3 is 12.4 Å². The van der Waals surface area contributed by atoms with Gasteiger partial charge in [-0.1, -0.05) is 28.9 Å². The molecule has 0 saturated carbocycles. The second-order valence-electron chi connectivity index (χ2n) is 4.93. The molecule has 0 atom stereocenters. The van der Waals surface area contributed by atoms with Crippen LogP contribution in [0.25, 0.3) is 0 Å². The Morgan fingerprint density at radius 2 is 1.56 bits per heavy atom. The monoisotopic (exact) mass is 381 g/mol. The molecule has 0 amide bonds. The summed E-state index contributed by atoms with van der Waals surface area (Å²) >= 11 is 5.67. The van der Waals surface area contributed by atoms with E-state index in [1.54, 1.807) is 0 Å². The van der Waals surface area contributed by atoms with E-state index in [9.17, 15) is 26.3 Å². The van der Waals surface area contributed by atoms with Gasteiger partial charge in [-0.05, 0) is 35.9 Å². The van der Waals surface area contributed by atoms with Gasteiger partial charge in [0.1, 0.15) is 6.61 Å². The highest BCUT2D eigenvalue weighted by Gasteiger charge is 2.33. The Balaban J connectivity index is 2.04. The van der Waals surface area contributed by atoms with Crippen LogP contribution in [0.5, 0.6) is 0 Å². The molecule has 0 saturated heterocycles. The first-order chi connectivity index (χ1) is 11.6. The van der Waals surface area contributed by atoms with Crippen molar-refractivity contribution < 1.29 is 31.2 Å². The zero-order valence-electron chi connectivity index (χ0n) is 12.3. The quantitative estimate of drug-likeness (QED) is 0.365. The van der Waals surface area contributed by atoms with E-state index in [2.05, 4.69) is 5.16 Å². The van der Waals surface area contributed by atoms with E-state index in [1.807, 2.05) is 0 Å². The molecule has 0 aromatic heterocycles. The summed E-state index contributed by atoms with van der Waals surface area (Å²) in [5, 5.41) is 3.51. The molecule has 2 nitrogen and oxygen atoms in total. The minimum atomic E-state index is -4.58. The van der Waals surface area contributed by atoms with Crippen molar-refractivity contribution >= 4 is 17.8 Å². The molecular weight excluding hydrogens is 372 g/mol. The van der Waals surface area contributed by atoms with Gasteiger partial charge in [0.2, 0.25) is 0 Å². The summed E-state index contributed by atoms with van der Waals surface area (Å²) in [7, 11) is 0. The Labute approximate surface area is 143 Å². The predicted molar refractivity (Wildman–Crippen MR) is 80.3 cm³/mol. The molecule has 0 heterocycles. The smallest absolute Gasteiger partial charge is 0.391 e. The van der Waals surface area contributed by atoms with Gasteiger partial charge in [-0.25, -0.2) is 0 Å². The molecule has 25 heavy (non-hydrogen) atoms. The molecule has 134 valence electrons. The first-order valence-electron chi connectivity index (χ1n) is 6.75. The first-order valence-corrected chi connectivity index (χ1v) is 7.13. The van der Waals surface area contributed by atoms with E-state index >= 15 is 0 Å². The highest BCUT2D eigenvalue weighted by atomic mass is 35.5. The van der Waals surface area contributed by atoms with Gasteiger partial charge < -0.3 is 4.84 Å². The van der Waals surface area contributed by atoms with Gasteiger partial charge in [0, 0.05) is 10.6 Å². The van der Waals surface area contributed by atoms with E-state index in [1.165, 1.54) is 12.1 Å². The molecule has 9 heteroatoms. The second kappa shape index (κ2) is 7.35. The lowest BCUT2D eigenvalue weighted by Gasteiger charge is -2.10. The topological polar surface area (TPSA) is 21.6 Å². The molecule has 2 aromatic rings. The molecule has 2 aromatic carbocycles. The van der Waals surface area contributed by atoms with Gasteiger partial charge in [0.05, 0.1) is 17.3 Å². The number of alkyl halides is 6. The summed E-state index contributed by atoms with van der Waals surface area (Å²) in [5.74, 6) is 0. The molecule has 0 N–H and O–H groups in total. The highest BCUT2D eigenvalue weighted by Crippen LogP contribution is 2.32. The van der Waals surface area contributed by atoms with Crippen molar-refractivity contribution in [2.75, 3.05) is 0 Å². The molecule has 0 spiro atoms. The van der Waals surface area contributed by atoms with Crippen LogP contribution in [0.3, 0.4) is 0 Å². The number of benzene rings is 2. The van der Waals surface area contributed by atoms with Crippen LogP contribution in [0, 0.1) is 0 Å². The summed E-state index contributed by atoms with van der Waals surface area (Å²) < 4.78 is 75.8. The zero-order chi connectivity index (χ0) is 18.7. The van der Waals surface area contributed by atoms with E-state index in [-0.39, 0.29) is 17.2 Å². The number of hydrogen-bond donors (Lipinski definition) is 0.